The summed E-state index contributed by atoms with van der Waals surface area (Å²) >= 11 is 0. The van der Waals surface area contributed by atoms with E-state index < -0.39 is 15.8 Å². The number of aromatic amines is 1. The fourth-order valence-corrected chi connectivity index (χ4v) is 3.37. The lowest BCUT2D eigenvalue weighted by Crippen LogP contribution is -2.06. The molecule has 0 fully saturated rings. The van der Waals surface area contributed by atoms with Crippen LogP contribution in [0.25, 0.3) is 0 Å². The SMILES string of the molecule is COC(=O)c1c[nH]c(S(=O)(=O)c2ccc(C)cc2)c1C. The van der Waals surface area contributed by atoms with Crippen LogP contribution in [0.5, 0.6) is 0 Å². The Labute approximate surface area is 117 Å². The fourth-order valence-electron chi connectivity index (χ4n) is 1.91. The number of hydrogen-bond donors (Lipinski definition) is 1. The zero-order chi connectivity index (χ0) is 14.9. The molecule has 0 bridgehead atoms. The third kappa shape index (κ3) is 2.34. The smallest absolute Gasteiger partial charge is 0.339 e. The van der Waals surface area contributed by atoms with Crippen molar-refractivity contribution in [3.8, 4) is 0 Å². The zero-order valence-electron chi connectivity index (χ0n) is 11.4. The van der Waals surface area contributed by atoms with Crippen LogP contribution in [0.3, 0.4) is 0 Å². The number of nitrogens with one attached hydrogen (secondary N) is 1. The van der Waals surface area contributed by atoms with Crippen LogP contribution in [0.1, 0.15) is 21.5 Å². The van der Waals surface area contributed by atoms with Crippen molar-refractivity contribution < 1.29 is 17.9 Å². The highest BCUT2D eigenvalue weighted by molar-refractivity contribution is 7.91. The van der Waals surface area contributed by atoms with Gasteiger partial charge in [-0.15, -0.1) is 0 Å². The molecule has 1 aromatic heterocycles. The maximum Gasteiger partial charge on any atom is 0.339 e. The van der Waals surface area contributed by atoms with Gasteiger partial charge in [-0.05, 0) is 26.0 Å². The first kappa shape index (κ1) is 14.3. The molecular formula is C14H15NO4S. The van der Waals surface area contributed by atoms with E-state index in [-0.39, 0.29) is 15.5 Å². The Kier molecular flexibility index (Phi) is 3.67. The van der Waals surface area contributed by atoms with Gasteiger partial charge in [0.2, 0.25) is 9.84 Å². The number of hydrogen-bond acceptors (Lipinski definition) is 4. The summed E-state index contributed by atoms with van der Waals surface area (Å²) in [6.07, 6.45) is 1.35. The number of carbonyl (C=O) groups excluding carboxylic acids is 1. The molecule has 1 aromatic carbocycles. The van der Waals surface area contributed by atoms with Gasteiger partial charge in [-0.25, -0.2) is 13.2 Å². The summed E-state index contributed by atoms with van der Waals surface area (Å²) in [5.74, 6) is -0.566. The molecule has 0 aliphatic heterocycles. The van der Waals surface area contributed by atoms with E-state index >= 15 is 0 Å². The van der Waals surface area contributed by atoms with Crippen LogP contribution in [0, 0.1) is 13.8 Å². The third-order valence-corrected chi connectivity index (χ3v) is 4.95. The largest absolute Gasteiger partial charge is 0.465 e. The summed E-state index contributed by atoms with van der Waals surface area (Å²) in [4.78, 5) is 14.4. The van der Waals surface area contributed by atoms with Gasteiger partial charge < -0.3 is 9.72 Å². The molecule has 0 spiro atoms. The summed E-state index contributed by atoms with van der Waals surface area (Å²) in [5, 5.41) is 0.0155. The number of rotatable bonds is 3. The molecule has 0 aliphatic rings. The van der Waals surface area contributed by atoms with E-state index in [4.69, 9.17) is 0 Å². The van der Waals surface area contributed by atoms with Crippen molar-refractivity contribution in [2.75, 3.05) is 7.11 Å². The molecule has 106 valence electrons. The Morgan fingerprint density at radius 1 is 1.15 bits per heavy atom. The molecule has 20 heavy (non-hydrogen) atoms. The fraction of sp³-hybridized carbons (Fsp3) is 0.214. The number of H-pyrrole nitrogens is 1. The Morgan fingerprint density at radius 2 is 1.75 bits per heavy atom. The van der Waals surface area contributed by atoms with Crippen LogP contribution in [-0.2, 0) is 14.6 Å². The minimum Gasteiger partial charge on any atom is -0.465 e. The maximum atomic E-state index is 12.5. The average molecular weight is 293 g/mol. The summed E-state index contributed by atoms with van der Waals surface area (Å²) in [6.45, 7) is 3.45. The Bertz CT molecular complexity index is 742. The summed E-state index contributed by atoms with van der Waals surface area (Å²) in [5.41, 5.74) is 1.55. The van der Waals surface area contributed by atoms with Crippen molar-refractivity contribution in [1.82, 2.24) is 4.98 Å². The van der Waals surface area contributed by atoms with E-state index in [0.717, 1.165) is 5.56 Å². The normalized spacial score (nSPS) is 11.3. The number of carbonyl (C=O) groups is 1. The molecule has 0 saturated carbocycles. The minimum atomic E-state index is -3.67. The summed E-state index contributed by atoms with van der Waals surface area (Å²) < 4.78 is 29.6. The van der Waals surface area contributed by atoms with Crippen LogP contribution in [-0.4, -0.2) is 26.5 Å². The number of aryl methyl sites for hydroxylation is 1. The van der Waals surface area contributed by atoms with E-state index in [1.54, 1.807) is 31.2 Å². The van der Waals surface area contributed by atoms with E-state index in [9.17, 15) is 13.2 Å². The molecule has 5 nitrogen and oxygen atoms in total. The first-order chi connectivity index (χ1) is 9.37. The van der Waals surface area contributed by atoms with Crippen molar-refractivity contribution in [3.63, 3.8) is 0 Å². The van der Waals surface area contributed by atoms with Crippen molar-refractivity contribution in [2.45, 2.75) is 23.8 Å². The van der Waals surface area contributed by atoms with Crippen molar-refractivity contribution >= 4 is 15.8 Å². The van der Waals surface area contributed by atoms with Gasteiger partial charge in [-0.3, -0.25) is 0 Å². The van der Waals surface area contributed by atoms with E-state index in [1.807, 2.05) is 6.92 Å². The molecule has 0 unspecified atom stereocenters. The lowest BCUT2D eigenvalue weighted by atomic mass is 10.2. The summed E-state index contributed by atoms with van der Waals surface area (Å²) in [7, 11) is -2.42. The first-order valence-corrected chi connectivity index (χ1v) is 7.44. The quantitative estimate of drug-likeness (QED) is 0.881. The van der Waals surface area contributed by atoms with Gasteiger partial charge in [0.15, 0.2) is 0 Å². The Morgan fingerprint density at radius 3 is 2.30 bits per heavy atom. The predicted octanol–water partition coefficient (Wildman–Crippen LogP) is 2.25. The average Bonchev–Trinajstić information content (AvgIpc) is 2.81. The number of methoxy groups -OCH3 is 1. The molecule has 0 aliphatic carbocycles. The van der Waals surface area contributed by atoms with Gasteiger partial charge in [0, 0.05) is 11.8 Å². The topological polar surface area (TPSA) is 76.2 Å². The van der Waals surface area contributed by atoms with Crippen LogP contribution >= 0.6 is 0 Å². The highest BCUT2D eigenvalue weighted by Gasteiger charge is 2.25. The second-order valence-electron chi connectivity index (χ2n) is 4.46. The molecule has 0 atom stereocenters. The van der Waals surface area contributed by atoms with E-state index in [1.165, 1.54) is 13.3 Å². The second-order valence-corrected chi connectivity index (χ2v) is 6.35. The van der Waals surface area contributed by atoms with Gasteiger partial charge in [-0.2, -0.15) is 0 Å². The van der Waals surface area contributed by atoms with Gasteiger partial charge in [-0.1, -0.05) is 17.7 Å². The van der Waals surface area contributed by atoms with E-state index in [0.29, 0.717) is 5.56 Å². The Hall–Kier alpha value is -2.08. The van der Waals surface area contributed by atoms with Gasteiger partial charge in [0.05, 0.1) is 17.6 Å². The van der Waals surface area contributed by atoms with Crippen molar-refractivity contribution in [1.29, 1.82) is 0 Å². The second kappa shape index (κ2) is 5.13. The van der Waals surface area contributed by atoms with Crippen LogP contribution in [0.4, 0.5) is 0 Å². The molecule has 1 heterocycles. The predicted molar refractivity (Wildman–Crippen MR) is 73.5 cm³/mol. The standard InChI is InChI=1S/C14H15NO4S/c1-9-4-6-11(7-5-9)20(17,18)13-10(2)12(8-15-13)14(16)19-3/h4-8,15H,1-3H3. The lowest BCUT2D eigenvalue weighted by Gasteiger charge is -2.05. The molecule has 0 saturated heterocycles. The Balaban J connectivity index is 2.53. The lowest BCUT2D eigenvalue weighted by molar-refractivity contribution is 0.0600. The van der Waals surface area contributed by atoms with Crippen molar-refractivity contribution in [3.05, 3.63) is 47.2 Å². The first-order valence-electron chi connectivity index (χ1n) is 5.96. The molecule has 0 amide bonds. The van der Waals surface area contributed by atoms with E-state index in [2.05, 4.69) is 9.72 Å². The zero-order valence-corrected chi connectivity index (χ0v) is 12.2. The van der Waals surface area contributed by atoms with Crippen molar-refractivity contribution in [2.24, 2.45) is 0 Å². The van der Waals surface area contributed by atoms with Gasteiger partial charge >= 0.3 is 5.97 Å². The molecule has 1 N–H and O–H groups in total. The number of aromatic nitrogens is 1. The molecule has 2 aromatic rings. The number of sulfone groups is 1. The molecular weight excluding hydrogens is 278 g/mol. The molecule has 6 heteroatoms. The highest BCUT2D eigenvalue weighted by atomic mass is 32.2. The third-order valence-electron chi connectivity index (χ3n) is 3.10. The van der Waals surface area contributed by atoms with Gasteiger partial charge in [0.25, 0.3) is 0 Å². The monoisotopic (exact) mass is 293 g/mol. The summed E-state index contributed by atoms with van der Waals surface area (Å²) in [6, 6.07) is 6.55. The number of benzene rings is 1. The van der Waals surface area contributed by atoms with Gasteiger partial charge in [0.1, 0.15) is 5.03 Å². The number of esters is 1. The molecule has 0 radical (unpaired) electrons. The number of ether oxygens (including phenoxy) is 1. The minimum absolute atomic E-state index is 0.0155. The highest BCUT2D eigenvalue weighted by Crippen LogP contribution is 2.25. The van der Waals surface area contributed by atoms with Crippen LogP contribution in [0.2, 0.25) is 0 Å². The van der Waals surface area contributed by atoms with Crippen LogP contribution < -0.4 is 0 Å². The molecule has 2 rings (SSSR count). The van der Waals surface area contributed by atoms with Crippen LogP contribution in [0.15, 0.2) is 40.4 Å². The maximum absolute atomic E-state index is 12.5.